The number of ether oxygens (including phenoxy) is 1. The molecule has 3 heterocycles. The van der Waals surface area contributed by atoms with Crippen LogP contribution in [0.5, 0.6) is 5.75 Å². The summed E-state index contributed by atoms with van der Waals surface area (Å²) in [6.45, 7) is 2.30. The maximum Gasteiger partial charge on any atom is 0.416 e. The fraction of sp³-hybridized carbons (Fsp3) is 0.292. The third-order valence-electron chi connectivity index (χ3n) is 6.01. The van der Waals surface area contributed by atoms with E-state index in [4.69, 9.17) is 9.15 Å². The molecule has 34 heavy (non-hydrogen) atoms. The quantitative estimate of drug-likeness (QED) is 0.341. The highest BCUT2D eigenvalue weighted by atomic mass is 19.4. The number of methoxy groups -OCH3 is 1. The number of nitrogens with zero attached hydrogens (tertiary/aromatic N) is 4. The van der Waals surface area contributed by atoms with Crippen LogP contribution in [-0.2, 0) is 12.7 Å². The minimum atomic E-state index is -4.68. The van der Waals surface area contributed by atoms with Crippen LogP contribution in [0.2, 0.25) is 0 Å². The highest BCUT2D eigenvalue weighted by molar-refractivity contribution is 5.71. The number of aromatic nitrogens is 4. The van der Waals surface area contributed by atoms with Crippen molar-refractivity contribution in [1.82, 2.24) is 19.7 Å². The van der Waals surface area contributed by atoms with Crippen LogP contribution in [0, 0.1) is 12.7 Å². The Morgan fingerprint density at radius 2 is 1.94 bits per heavy atom. The zero-order chi connectivity index (χ0) is 24.0. The molecular formula is C24H20F4N4O2. The largest absolute Gasteiger partial charge is 0.496 e. The number of rotatable bonds is 4. The molecule has 1 aliphatic rings. The minimum absolute atomic E-state index is 0.00224. The fourth-order valence-electron chi connectivity index (χ4n) is 4.48. The molecule has 0 fully saturated rings. The normalized spacial score (nSPS) is 15.9. The van der Waals surface area contributed by atoms with Gasteiger partial charge < -0.3 is 13.7 Å². The topological polar surface area (TPSA) is 66.0 Å². The summed E-state index contributed by atoms with van der Waals surface area (Å²) >= 11 is 0. The molecule has 4 aromatic rings. The lowest BCUT2D eigenvalue weighted by atomic mass is 9.87. The lowest BCUT2D eigenvalue weighted by Crippen LogP contribution is -2.21. The van der Waals surface area contributed by atoms with Gasteiger partial charge in [-0.05, 0) is 42.7 Å². The minimum Gasteiger partial charge on any atom is -0.496 e. The second kappa shape index (κ2) is 8.27. The zero-order valence-corrected chi connectivity index (χ0v) is 18.4. The van der Waals surface area contributed by atoms with E-state index >= 15 is 0 Å². The van der Waals surface area contributed by atoms with E-state index in [0.29, 0.717) is 65.6 Å². The van der Waals surface area contributed by atoms with Crippen LogP contribution in [0.4, 0.5) is 17.6 Å². The molecule has 0 amide bonds. The summed E-state index contributed by atoms with van der Waals surface area (Å²) in [5.41, 5.74) is 0.432. The van der Waals surface area contributed by atoms with E-state index in [1.807, 2.05) is 16.7 Å². The van der Waals surface area contributed by atoms with E-state index < -0.39 is 23.5 Å². The highest BCUT2D eigenvalue weighted by Crippen LogP contribution is 2.42. The van der Waals surface area contributed by atoms with Crippen LogP contribution in [0.25, 0.3) is 22.7 Å². The molecule has 0 aliphatic carbocycles. The molecule has 10 heteroatoms. The van der Waals surface area contributed by atoms with Gasteiger partial charge in [0, 0.05) is 24.9 Å². The van der Waals surface area contributed by atoms with Crippen LogP contribution in [0.3, 0.4) is 0 Å². The van der Waals surface area contributed by atoms with E-state index in [2.05, 4.69) is 15.2 Å². The van der Waals surface area contributed by atoms with E-state index in [9.17, 15) is 17.6 Å². The van der Waals surface area contributed by atoms with Crippen molar-refractivity contribution in [2.45, 2.75) is 38.4 Å². The molecule has 0 bridgehead atoms. The van der Waals surface area contributed by atoms with E-state index in [-0.39, 0.29) is 5.56 Å². The predicted octanol–water partition coefficient (Wildman–Crippen LogP) is 6.00. The van der Waals surface area contributed by atoms with Crippen LogP contribution >= 0.6 is 0 Å². The summed E-state index contributed by atoms with van der Waals surface area (Å²) in [5, 5.41) is 8.56. The summed E-state index contributed by atoms with van der Waals surface area (Å²) in [7, 11) is 1.54. The van der Waals surface area contributed by atoms with Crippen molar-refractivity contribution in [2.75, 3.05) is 7.11 Å². The van der Waals surface area contributed by atoms with Crippen molar-refractivity contribution >= 4 is 0 Å². The molecule has 0 saturated heterocycles. The molecule has 6 nitrogen and oxygen atoms in total. The highest BCUT2D eigenvalue weighted by Gasteiger charge is 2.38. The lowest BCUT2D eigenvalue weighted by Gasteiger charge is -2.26. The second-order valence-corrected chi connectivity index (χ2v) is 8.12. The van der Waals surface area contributed by atoms with Gasteiger partial charge in [0.2, 0.25) is 0 Å². The van der Waals surface area contributed by atoms with Crippen molar-refractivity contribution < 1.29 is 26.7 Å². The van der Waals surface area contributed by atoms with Gasteiger partial charge in [0.05, 0.1) is 24.4 Å². The van der Waals surface area contributed by atoms with Crippen molar-refractivity contribution in [2.24, 2.45) is 0 Å². The predicted molar refractivity (Wildman–Crippen MR) is 115 cm³/mol. The molecule has 0 spiro atoms. The number of fused-ring (bicyclic) bond motifs is 1. The Hall–Kier alpha value is -3.69. The van der Waals surface area contributed by atoms with Gasteiger partial charge in [-0.15, -0.1) is 10.2 Å². The van der Waals surface area contributed by atoms with Gasteiger partial charge in [-0.3, -0.25) is 0 Å². The SMILES string of the molecule is COc1cc(-c2nnc3n2CCCC3c2ccc(F)cc2C(F)(F)F)ccc1-c1cnc(C)o1. The first-order valence-corrected chi connectivity index (χ1v) is 10.7. The van der Waals surface area contributed by atoms with Crippen molar-refractivity contribution in [1.29, 1.82) is 0 Å². The maximum atomic E-state index is 13.7. The average Bonchev–Trinajstić information content (AvgIpc) is 3.44. The monoisotopic (exact) mass is 472 g/mol. The summed E-state index contributed by atoms with van der Waals surface area (Å²) in [6.07, 6.45) is -1.98. The van der Waals surface area contributed by atoms with E-state index in [1.165, 1.54) is 13.2 Å². The molecule has 0 N–H and O–H groups in total. The van der Waals surface area contributed by atoms with Gasteiger partial charge in [-0.1, -0.05) is 12.1 Å². The first kappa shape index (κ1) is 22.1. The van der Waals surface area contributed by atoms with E-state index in [1.54, 1.807) is 19.2 Å². The molecule has 0 saturated carbocycles. The number of hydrogen-bond acceptors (Lipinski definition) is 5. The van der Waals surface area contributed by atoms with Crippen LogP contribution in [-0.4, -0.2) is 26.9 Å². The molecule has 5 rings (SSSR count). The van der Waals surface area contributed by atoms with Crippen molar-refractivity contribution in [3.05, 3.63) is 71.3 Å². The van der Waals surface area contributed by atoms with Crippen LogP contribution in [0.1, 0.15) is 41.6 Å². The molecular weight excluding hydrogens is 452 g/mol. The van der Waals surface area contributed by atoms with Gasteiger partial charge in [0.15, 0.2) is 17.5 Å². The van der Waals surface area contributed by atoms with E-state index in [0.717, 1.165) is 6.07 Å². The van der Waals surface area contributed by atoms with Crippen molar-refractivity contribution in [3.63, 3.8) is 0 Å². The summed E-state index contributed by atoms with van der Waals surface area (Å²) < 4.78 is 67.6. The van der Waals surface area contributed by atoms with Gasteiger partial charge >= 0.3 is 6.18 Å². The zero-order valence-electron chi connectivity index (χ0n) is 18.4. The third kappa shape index (κ3) is 3.82. The summed E-state index contributed by atoms with van der Waals surface area (Å²) in [5.74, 6) is 0.990. The molecule has 0 radical (unpaired) electrons. The average molecular weight is 472 g/mol. The summed E-state index contributed by atoms with van der Waals surface area (Å²) in [6, 6.07) is 8.22. The molecule has 176 valence electrons. The standard InChI is InChI=1S/C24H20F4N4O2/c1-13-29-12-21(34-13)18-7-5-14(10-20(18)33-2)22-30-31-23-17(4-3-9-32(22)23)16-8-6-15(25)11-19(16)24(26,27)28/h5-8,10-12,17H,3-4,9H2,1-2H3. The first-order valence-electron chi connectivity index (χ1n) is 10.7. The fourth-order valence-corrected chi connectivity index (χ4v) is 4.48. The Labute approximate surface area is 192 Å². The number of oxazole rings is 1. The molecule has 2 aromatic carbocycles. The third-order valence-corrected chi connectivity index (χ3v) is 6.01. The van der Waals surface area contributed by atoms with Gasteiger partial charge in [0.25, 0.3) is 0 Å². The molecule has 1 atom stereocenters. The van der Waals surface area contributed by atoms with Crippen molar-refractivity contribution in [3.8, 4) is 28.5 Å². The van der Waals surface area contributed by atoms with Gasteiger partial charge in [0.1, 0.15) is 17.4 Å². The lowest BCUT2D eigenvalue weighted by molar-refractivity contribution is -0.138. The Balaban J connectivity index is 1.57. The second-order valence-electron chi connectivity index (χ2n) is 8.12. The number of alkyl halides is 3. The van der Waals surface area contributed by atoms with Gasteiger partial charge in [-0.25, -0.2) is 9.37 Å². The first-order chi connectivity index (χ1) is 16.3. The number of hydrogen-bond donors (Lipinski definition) is 0. The number of aryl methyl sites for hydroxylation is 1. The van der Waals surface area contributed by atoms with Gasteiger partial charge in [-0.2, -0.15) is 13.2 Å². The smallest absolute Gasteiger partial charge is 0.416 e. The summed E-state index contributed by atoms with van der Waals surface area (Å²) in [4.78, 5) is 4.11. The Morgan fingerprint density at radius 3 is 2.65 bits per heavy atom. The Bertz CT molecular complexity index is 1360. The number of benzene rings is 2. The van der Waals surface area contributed by atoms with Crippen LogP contribution in [0.15, 0.2) is 47.0 Å². The molecule has 1 unspecified atom stereocenters. The molecule has 1 aliphatic heterocycles. The Morgan fingerprint density at radius 1 is 1.12 bits per heavy atom. The number of halogens is 4. The molecule has 2 aromatic heterocycles. The van der Waals surface area contributed by atoms with Crippen LogP contribution < -0.4 is 4.74 Å². The maximum absolute atomic E-state index is 13.7. The Kier molecular flexibility index (Phi) is 5.38.